The van der Waals surface area contributed by atoms with Crippen LogP contribution in [0.2, 0.25) is 5.02 Å². The first-order valence-corrected chi connectivity index (χ1v) is 7.38. The van der Waals surface area contributed by atoms with Crippen molar-refractivity contribution < 1.29 is 9.18 Å². The van der Waals surface area contributed by atoms with E-state index in [0.717, 1.165) is 5.56 Å². The predicted molar refractivity (Wildman–Crippen MR) is 83.5 cm³/mol. The summed E-state index contributed by atoms with van der Waals surface area (Å²) in [4.78, 5) is 12.1. The molecule has 2 nitrogen and oxygen atoms in total. The van der Waals surface area contributed by atoms with Crippen LogP contribution < -0.4 is 5.32 Å². The van der Waals surface area contributed by atoms with Gasteiger partial charge in [-0.25, -0.2) is 4.39 Å². The largest absolute Gasteiger partial charge is 0.348 e. The molecule has 2 aromatic rings. The second-order valence-corrected chi connectivity index (χ2v) is 5.33. The molecule has 0 aliphatic heterocycles. The molecule has 0 aliphatic rings. The Bertz CT molecular complexity index is 619. The smallest absolute Gasteiger partial charge is 0.254 e. The van der Waals surface area contributed by atoms with Gasteiger partial charge in [-0.3, -0.25) is 4.79 Å². The van der Waals surface area contributed by atoms with Gasteiger partial charge in [0.15, 0.2) is 5.82 Å². The van der Waals surface area contributed by atoms with E-state index in [0.29, 0.717) is 6.42 Å². The van der Waals surface area contributed by atoms with Crippen LogP contribution in [0.15, 0.2) is 48.5 Å². The monoisotopic (exact) mass is 325 g/mol. The summed E-state index contributed by atoms with van der Waals surface area (Å²) < 4.78 is 13.8. The maximum Gasteiger partial charge on any atom is 0.254 e. The number of benzene rings is 2. The van der Waals surface area contributed by atoms with Crippen molar-refractivity contribution in [3.63, 3.8) is 0 Å². The molecule has 1 atom stereocenters. The summed E-state index contributed by atoms with van der Waals surface area (Å²) in [6, 6.07) is 13.7. The number of carbonyl (C=O) groups excluding carboxylic acids is 1. The molecule has 1 amide bonds. The van der Waals surface area contributed by atoms with E-state index in [2.05, 4.69) is 5.32 Å². The lowest BCUT2D eigenvalue weighted by molar-refractivity contribution is 0.0936. The summed E-state index contributed by atoms with van der Waals surface area (Å²) in [5.74, 6) is -0.996. The highest BCUT2D eigenvalue weighted by Crippen LogP contribution is 2.18. The third-order valence-electron chi connectivity index (χ3n) is 3.04. The van der Waals surface area contributed by atoms with Gasteiger partial charge in [0.2, 0.25) is 0 Å². The second kappa shape index (κ2) is 7.43. The Morgan fingerprint density at radius 1 is 1.14 bits per heavy atom. The van der Waals surface area contributed by atoms with E-state index >= 15 is 0 Å². The fourth-order valence-electron chi connectivity index (χ4n) is 1.99. The number of alkyl halides is 1. The van der Waals surface area contributed by atoms with Crippen LogP contribution in [0.25, 0.3) is 0 Å². The third-order valence-corrected chi connectivity index (χ3v) is 3.71. The highest BCUT2D eigenvalue weighted by atomic mass is 35.5. The fourth-order valence-corrected chi connectivity index (χ4v) is 2.35. The maximum atomic E-state index is 13.8. The van der Waals surface area contributed by atoms with Crippen molar-refractivity contribution in [3.8, 4) is 0 Å². The quantitative estimate of drug-likeness (QED) is 0.825. The molecule has 1 N–H and O–H groups in total. The van der Waals surface area contributed by atoms with Crippen molar-refractivity contribution >= 4 is 29.1 Å². The molecular weight excluding hydrogens is 312 g/mol. The lowest BCUT2D eigenvalue weighted by atomic mass is 10.1. The Labute approximate surface area is 132 Å². The summed E-state index contributed by atoms with van der Waals surface area (Å²) >= 11 is 11.6. The summed E-state index contributed by atoms with van der Waals surface area (Å²) in [5, 5.41) is 2.65. The number of halogens is 3. The van der Waals surface area contributed by atoms with Crippen LogP contribution in [-0.4, -0.2) is 17.8 Å². The Morgan fingerprint density at radius 2 is 1.86 bits per heavy atom. The summed E-state index contributed by atoms with van der Waals surface area (Å²) in [5.41, 5.74) is 0.973. The number of hydrogen-bond acceptors (Lipinski definition) is 1. The average Bonchev–Trinajstić information content (AvgIpc) is 2.50. The van der Waals surface area contributed by atoms with E-state index in [1.54, 1.807) is 0 Å². The molecule has 0 saturated heterocycles. The molecule has 2 aromatic carbocycles. The molecule has 2 rings (SSSR count). The zero-order chi connectivity index (χ0) is 15.2. The molecule has 0 heterocycles. The van der Waals surface area contributed by atoms with Gasteiger partial charge in [0, 0.05) is 11.9 Å². The molecule has 0 fully saturated rings. The normalized spacial score (nSPS) is 12.0. The van der Waals surface area contributed by atoms with Crippen LogP contribution in [0.3, 0.4) is 0 Å². The first-order chi connectivity index (χ1) is 10.1. The molecule has 21 heavy (non-hydrogen) atoms. The van der Waals surface area contributed by atoms with Crippen LogP contribution in [0.5, 0.6) is 0 Å². The lowest BCUT2D eigenvalue weighted by Crippen LogP contribution is -2.38. The molecule has 0 saturated carbocycles. The fraction of sp³-hybridized carbons (Fsp3) is 0.188. The van der Waals surface area contributed by atoms with Gasteiger partial charge in [-0.15, -0.1) is 11.6 Å². The standard InChI is InChI=1S/C16H14Cl2FNO/c17-10-12(9-11-5-2-1-3-6-11)20-16(21)13-7-4-8-14(18)15(13)19/h1-8,12H,9-10H2,(H,20,21). The Morgan fingerprint density at radius 3 is 2.52 bits per heavy atom. The maximum absolute atomic E-state index is 13.8. The number of nitrogens with one attached hydrogen (secondary N) is 1. The van der Waals surface area contributed by atoms with Gasteiger partial charge in [-0.2, -0.15) is 0 Å². The van der Waals surface area contributed by atoms with Crippen LogP contribution in [0, 0.1) is 5.82 Å². The van der Waals surface area contributed by atoms with Gasteiger partial charge in [-0.05, 0) is 24.1 Å². The minimum atomic E-state index is -0.718. The van der Waals surface area contributed by atoms with Crippen molar-refractivity contribution in [1.82, 2.24) is 5.32 Å². The molecule has 0 aliphatic carbocycles. The summed E-state index contributed by atoms with van der Waals surface area (Å²) in [7, 11) is 0. The topological polar surface area (TPSA) is 29.1 Å². The van der Waals surface area contributed by atoms with E-state index in [-0.39, 0.29) is 22.5 Å². The van der Waals surface area contributed by atoms with Crippen molar-refractivity contribution in [1.29, 1.82) is 0 Å². The number of hydrogen-bond donors (Lipinski definition) is 1. The van der Waals surface area contributed by atoms with Crippen molar-refractivity contribution in [2.24, 2.45) is 0 Å². The summed E-state index contributed by atoms with van der Waals surface area (Å²) in [6.45, 7) is 0. The Kier molecular flexibility index (Phi) is 5.59. The minimum Gasteiger partial charge on any atom is -0.348 e. The number of amides is 1. The van der Waals surface area contributed by atoms with E-state index in [1.165, 1.54) is 18.2 Å². The zero-order valence-electron chi connectivity index (χ0n) is 11.2. The van der Waals surface area contributed by atoms with Crippen LogP contribution in [-0.2, 0) is 6.42 Å². The predicted octanol–water partition coefficient (Wildman–Crippen LogP) is 4.06. The van der Waals surface area contributed by atoms with Gasteiger partial charge >= 0.3 is 0 Å². The molecular formula is C16H14Cl2FNO. The third kappa shape index (κ3) is 4.19. The second-order valence-electron chi connectivity index (χ2n) is 4.62. The van der Waals surface area contributed by atoms with Crippen LogP contribution in [0.1, 0.15) is 15.9 Å². The highest BCUT2D eigenvalue weighted by Gasteiger charge is 2.17. The van der Waals surface area contributed by atoms with Crippen molar-refractivity contribution in [3.05, 3.63) is 70.5 Å². The van der Waals surface area contributed by atoms with Crippen LogP contribution >= 0.6 is 23.2 Å². The van der Waals surface area contributed by atoms with Gasteiger partial charge < -0.3 is 5.32 Å². The molecule has 0 bridgehead atoms. The van der Waals surface area contributed by atoms with E-state index in [9.17, 15) is 9.18 Å². The van der Waals surface area contributed by atoms with Gasteiger partial charge in [-0.1, -0.05) is 48.0 Å². The molecule has 1 unspecified atom stereocenters. The Balaban J connectivity index is 2.08. The number of carbonyl (C=O) groups is 1. The van der Waals surface area contributed by atoms with E-state index in [1.807, 2.05) is 30.3 Å². The molecule has 5 heteroatoms. The lowest BCUT2D eigenvalue weighted by Gasteiger charge is -2.16. The van der Waals surface area contributed by atoms with Crippen LogP contribution in [0.4, 0.5) is 4.39 Å². The minimum absolute atomic E-state index is 0.0758. The summed E-state index contributed by atoms with van der Waals surface area (Å²) in [6.07, 6.45) is 0.582. The van der Waals surface area contributed by atoms with Gasteiger partial charge in [0.05, 0.1) is 10.6 Å². The highest BCUT2D eigenvalue weighted by molar-refractivity contribution is 6.31. The van der Waals surface area contributed by atoms with E-state index in [4.69, 9.17) is 23.2 Å². The molecule has 0 aromatic heterocycles. The first kappa shape index (κ1) is 15.8. The first-order valence-electron chi connectivity index (χ1n) is 6.46. The molecule has 0 radical (unpaired) electrons. The van der Waals surface area contributed by atoms with Gasteiger partial charge in [0.1, 0.15) is 0 Å². The van der Waals surface area contributed by atoms with Gasteiger partial charge in [0.25, 0.3) is 5.91 Å². The zero-order valence-corrected chi connectivity index (χ0v) is 12.7. The average molecular weight is 326 g/mol. The SMILES string of the molecule is O=C(NC(CCl)Cc1ccccc1)c1cccc(Cl)c1F. The van der Waals surface area contributed by atoms with E-state index < -0.39 is 11.7 Å². The van der Waals surface area contributed by atoms with Crippen molar-refractivity contribution in [2.75, 3.05) is 5.88 Å². The molecule has 0 spiro atoms. The molecule has 110 valence electrons. The van der Waals surface area contributed by atoms with Crippen molar-refractivity contribution in [2.45, 2.75) is 12.5 Å². The number of rotatable bonds is 5. The Hall–Kier alpha value is -1.58.